The monoisotopic (exact) mass is 408 g/mol. The molecule has 156 valence electrons. The Bertz CT molecular complexity index is 872. The fraction of sp³-hybridized carbons (Fsp3) is 0.222. The van der Waals surface area contributed by atoms with E-state index in [-0.39, 0.29) is 5.69 Å². The number of non-ortho nitro benzene ring substituents is 1. The number of nitro groups is 1. The van der Waals surface area contributed by atoms with Crippen LogP contribution < -0.4 is 19.5 Å². The number of carboxylic acid groups (broad SMARTS) is 2. The van der Waals surface area contributed by atoms with Crippen molar-refractivity contribution in [3.63, 3.8) is 0 Å². The topological polar surface area (TPSA) is 157 Å². The van der Waals surface area contributed by atoms with Crippen molar-refractivity contribution < 1.29 is 38.9 Å². The van der Waals surface area contributed by atoms with E-state index in [2.05, 4.69) is 5.32 Å². The van der Waals surface area contributed by atoms with Gasteiger partial charge < -0.3 is 29.7 Å². The van der Waals surface area contributed by atoms with Crippen LogP contribution in [0, 0.1) is 10.1 Å². The molecule has 0 aromatic heterocycles. The third kappa shape index (κ3) is 6.90. The van der Waals surface area contributed by atoms with Crippen LogP contribution >= 0.6 is 0 Å². The Hall–Kier alpha value is -4.02. The summed E-state index contributed by atoms with van der Waals surface area (Å²) in [4.78, 5) is 28.7. The summed E-state index contributed by atoms with van der Waals surface area (Å²) < 4.78 is 15.7. The molecule has 0 fully saturated rings. The van der Waals surface area contributed by atoms with Crippen LogP contribution in [0.4, 0.5) is 11.4 Å². The summed E-state index contributed by atoms with van der Waals surface area (Å²) in [6, 6.07) is 9.87. The van der Waals surface area contributed by atoms with Crippen molar-refractivity contribution in [1.82, 2.24) is 0 Å². The molecule has 11 heteroatoms. The van der Waals surface area contributed by atoms with Crippen LogP contribution in [-0.4, -0.2) is 48.4 Å². The number of nitro benzene ring substituents is 1. The van der Waals surface area contributed by atoms with Crippen LogP contribution in [0.1, 0.15) is 5.56 Å². The lowest BCUT2D eigenvalue weighted by molar-refractivity contribution is -0.384. The highest BCUT2D eigenvalue weighted by Gasteiger charge is 2.12. The molecule has 0 saturated heterocycles. The molecule has 0 bridgehead atoms. The molecule has 3 N–H and O–H groups in total. The van der Waals surface area contributed by atoms with Crippen LogP contribution in [-0.2, 0) is 16.1 Å². The Kier molecular flexibility index (Phi) is 8.71. The Morgan fingerprint density at radius 3 is 2.07 bits per heavy atom. The van der Waals surface area contributed by atoms with Gasteiger partial charge in [-0.2, -0.15) is 0 Å². The zero-order valence-electron chi connectivity index (χ0n) is 15.9. The third-order valence-electron chi connectivity index (χ3n) is 3.54. The number of aliphatic carboxylic acids is 2. The van der Waals surface area contributed by atoms with Gasteiger partial charge in [-0.1, -0.05) is 0 Å². The molecule has 0 aliphatic heterocycles. The van der Waals surface area contributed by atoms with Gasteiger partial charge >= 0.3 is 11.9 Å². The second-order valence-corrected chi connectivity index (χ2v) is 5.28. The van der Waals surface area contributed by atoms with Crippen LogP contribution in [0.2, 0.25) is 0 Å². The van der Waals surface area contributed by atoms with E-state index in [1.165, 1.54) is 19.2 Å². The smallest absolute Gasteiger partial charge is 0.414 e. The van der Waals surface area contributed by atoms with Crippen molar-refractivity contribution in [2.24, 2.45) is 0 Å². The zero-order valence-corrected chi connectivity index (χ0v) is 15.9. The molecule has 2 aromatic carbocycles. The number of carbonyl (C=O) groups is 2. The summed E-state index contributed by atoms with van der Waals surface area (Å²) in [6.07, 6.45) is 0. The highest BCUT2D eigenvalue weighted by atomic mass is 16.6. The Morgan fingerprint density at radius 1 is 0.966 bits per heavy atom. The molecular formula is C18H20N2O9. The third-order valence-corrected chi connectivity index (χ3v) is 3.54. The average molecular weight is 408 g/mol. The molecule has 0 spiro atoms. The zero-order chi connectivity index (χ0) is 22.0. The number of nitrogens with one attached hydrogen (secondary N) is 1. The summed E-state index contributed by atoms with van der Waals surface area (Å²) in [5.74, 6) is -1.76. The van der Waals surface area contributed by atoms with Gasteiger partial charge in [0.25, 0.3) is 5.69 Å². The summed E-state index contributed by atoms with van der Waals surface area (Å²) in [5, 5.41) is 28.8. The van der Waals surface area contributed by atoms with E-state index in [1.54, 1.807) is 26.4 Å². The molecule has 2 aromatic rings. The largest absolute Gasteiger partial charge is 0.497 e. The van der Waals surface area contributed by atoms with Gasteiger partial charge in [0, 0.05) is 30.3 Å². The molecule has 0 amide bonds. The van der Waals surface area contributed by atoms with Crippen molar-refractivity contribution in [1.29, 1.82) is 0 Å². The molecule has 0 saturated carbocycles. The van der Waals surface area contributed by atoms with E-state index in [9.17, 15) is 10.1 Å². The van der Waals surface area contributed by atoms with Gasteiger partial charge in [0.1, 0.15) is 17.2 Å². The molecule has 0 heterocycles. The van der Waals surface area contributed by atoms with Gasteiger partial charge in [0.15, 0.2) is 0 Å². The molecule has 2 rings (SSSR count). The first-order valence-corrected chi connectivity index (χ1v) is 7.96. The van der Waals surface area contributed by atoms with Crippen LogP contribution in [0.15, 0.2) is 36.4 Å². The maximum absolute atomic E-state index is 10.9. The highest BCUT2D eigenvalue weighted by molar-refractivity contribution is 6.27. The van der Waals surface area contributed by atoms with Crippen molar-refractivity contribution in [2.75, 3.05) is 26.6 Å². The van der Waals surface area contributed by atoms with Gasteiger partial charge in [0.05, 0.1) is 31.9 Å². The number of hydrogen-bond acceptors (Lipinski definition) is 8. The fourth-order valence-corrected chi connectivity index (χ4v) is 2.14. The fourth-order valence-electron chi connectivity index (χ4n) is 2.14. The van der Waals surface area contributed by atoms with E-state index in [0.717, 1.165) is 5.56 Å². The highest BCUT2D eigenvalue weighted by Crippen LogP contribution is 2.31. The van der Waals surface area contributed by atoms with E-state index in [4.69, 9.17) is 34.0 Å². The van der Waals surface area contributed by atoms with Gasteiger partial charge in [-0.25, -0.2) is 9.59 Å². The first kappa shape index (κ1) is 23.0. The molecule has 11 nitrogen and oxygen atoms in total. The van der Waals surface area contributed by atoms with Crippen LogP contribution in [0.3, 0.4) is 0 Å². The molecule has 0 aliphatic rings. The van der Waals surface area contributed by atoms with Crippen LogP contribution in [0.25, 0.3) is 0 Å². The summed E-state index contributed by atoms with van der Waals surface area (Å²) >= 11 is 0. The minimum Gasteiger partial charge on any atom is -0.497 e. The van der Waals surface area contributed by atoms with E-state index >= 15 is 0 Å². The lowest BCUT2D eigenvalue weighted by Gasteiger charge is -2.14. The first-order valence-electron chi connectivity index (χ1n) is 7.96. The molecule has 29 heavy (non-hydrogen) atoms. The van der Waals surface area contributed by atoms with E-state index in [0.29, 0.717) is 29.5 Å². The second-order valence-electron chi connectivity index (χ2n) is 5.28. The predicted molar refractivity (Wildman–Crippen MR) is 102 cm³/mol. The maximum Gasteiger partial charge on any atom is 0.414 e. The number of ether oxygens (including phenoxy) is 3. The number of hydrogen-bond donors (Lipinski definition) is 3. The lowest BCUT2D eigenvalue weighted by atomic mass is 10.1. The van der Waals surface area contributed by atoms with Crippen molar-refractivity contribution in [3.8, 4) is 17.2 Å². The number of nitrogens with zero attached hydrogens (tertiary/aromatic N) is 1. The van der Waals surface area contributed by atoms with E-state index < -0.39 is 16.9 Å². The number of benzene rings is 2. The molecular weight excluding hydrogens is 388 g/mol. The minimum atomic E-state index is -1.82. The molecule has 0 radical (unpaired) electrons. The Labute approximate surface area is 165 Å². The maximum atomic E-state index is 10.9. The number of anilines is 1. The van der Waals surface area contributed by atoms with Gasteiger partial charge in [-0.15, -0.1) is 0 Å². The Balaban J connectivity index is 0.000000612. The number of rotatable bonds is 7. The van der Waals surface area contributed by atoms with Gasteiger partial charge in [-0.3, -0.25) is 10.1 Å². The summed E-state index contributed by atoms with van der Waals surface area (Å²) in [6.45, 7) is 0.421. The SMILES string of the molecule is COc1ccc(CNc2cc([N+](=O)[O-])ccc2OC)c(OC)c1.O=C(O)C(=O)O. The standard InChI is InChI=1S/C16H18N2O5.C2H2O4/c1-21-13-6-4-11(16(9-13)23-3)10-17-14-8-12(18(19)20)5-7-15(14)22-2;3-1(4)2(5)6/h4-9,17H,10H2,1-3H3;(H,3,4)(H,5,6). The average Bonchev–Trinajstić information content (AvgIpc) is 2.72. The molecule has 0 aliphatic carbocycles. The van der Waals surface area contributed by atoms with Crippen molar-refractivity contribution in [2.45, 2.75) is 6.54 Å². The van der Waals surface area contributed by atoms with Crippen LogP contribution in [0.5, 0.6) is 17.2 Å². The lowest BCUT2D eigenvalue weighted by Crippen LogP contribution is -2.09. The summed E-state index contributed by atoms with van der Waals surface area (Å²) in [7, 11) is 4.67. The number of carboxylic acids is 2. The first-order chi connectivity index (χ1) is 13.7. The Morgan fingerprint density at radius 2 is 1.59 bits per heavy atom. The summed E-state index contributed by atoms with van der Waals surface area (Å²) in [5.41, 5.74) is 1.43. The van der Waals surface area contributed by atoms with Gasteiger partial charge in [-0.05, 0) is 18.2 Å². The van der Waals surface area contributed by atoms with E-state index in [1.807, 2.05) is 12.1 Å². The quantitative estimate of drug-likeness (QED) is 0.353. The normalized spacial score (nSPS) is 9.48. The van der Waals surface area contributed by atoms with Crippen molar-refractivity contribution in [3.05, 3.63) is 52.1 Å². The number of methoxy groups -OCH3 is 3. The second kappa shape index (κ2) is 11.0. The predicted octanol–water partition coefficient (Wildman–Crippen LogP) is 2.39. The molecule has 0 unspecified atom stereocenters. The van der Waals surface area contributed by atoms with Gasteiger partial charge in [0.2, 0.25) is 0 Å². The van der Waals surface area contributed by atoms with Crippen molar-refractivity contribution >= 4 is 23.3 Å². The minimum absolute atomic E-state index is 0.00463. The molecule has 0 atom stereocenters.